The smallest absolute Gasteiger partial charge is 0.179 e. The molecule has 1 heterocycles. The van der Waals surface area contributed by atoms with Crippen molar-refractivity contribution in [3.63, 3.8) is 0 Å². The summed E-state index contributed by atoms with van der Waals surface area (Å²) in [6.07, 6.45) is 2.55. The average Bonchev–Trinajstić information content (AvgIpc) is 2.81. The van der Waals surface area contributed by atoms with Gasteiger partial charge >= 0.3 is 0 Å². The number of nitrogens with two attached hydrogens (primary N) is 1. The molecule has 0 aliphatic heterocycles. The van der Waals surface area contributed by atoms with Crippen LogP contribution in [0.25, 0.3) is 11.1 Å². The van der Waals surface area contributed by atoms with Crippen molar-refractivity contribution < 1.29 is 17.9 Å². The summed E-state index contributed by atoms with van der Waals surface area (Å²) in [7, 11) is -0.700. The number of H-pyrrole nitrogens is 1. The quantitative estimate of drug-likeness (QED) is 0.874. The summed E-state index contributed by atoms with van der Waals surface area (Å²) in [5, 5.41) is 6.38. The number of aromatic nitrogens is 2. The van der Waals surface area contributed by atoms with Crippen molar-refractivity contribution in [3.8, 4) is 22.6 Å². The molecule has 8 heteroatoms. The molecule has 108 valence electrons. The fourth-order valence-electron chi connectivity index (χ4n) is 1.99. The van der Waals surface area contributed by atoms with E-state index in [4.69, 9.17) is 15.2 Å². The summed E-state index contributed by atoms with van der Waals surface area (Å²) in [6, 6.07) is 3.16. The Kier molecular flexibility index (Phi) is 3.58. The Morgan fingerprint density at radius 2 is 1.80 bits per heavy atom. The van der Waals surface area contributed by atoms with Gasteiger partial charge in [-0.25, -0.2) is 8.42 Å². The molecule has 0 saturated carbocycles. The van der Waals surface area contributed by atoms with E-state index < -0.39 is 9.84 Å². The maximum absolute atomic E-state index is 12.1. The molecule has 0 unspecified atom stereocenters. The van der Waals surface area contributed by atoms with E-state index in [2.05, 4.69) is 10.2 Å². The molecule has 7 nitrogen and oxygen atoms in total. The average molecular weight is 297 g/mol. The minimum Gasteiger partial charge on any atom is -0.496 e. The number of rotatable bonds is 4. The van der Waals surface area contributed by atoms with Crippen LogP contribution in [-0.4, -0.2) is 39.1 Å². The van der Waals surface area contributed by atoms with Gasteiger partial charge in [0.2, 0.25) is 0 Å². The Hall–Kier alpha value is -2.22. The SMILES string of the molecule is COc1ccc(OC)c(S(C)(=O)=O)c1-c1cn[nH]c1N. The van der Waals surface area contributed by atoms with E-state index >= 15 is 0 Å². The van der Waals surface area contributed by atoms with Crippen molar-refractivity contribution in [2.45, 2.75) is 4.90 Å². The van der Waals surface area contributed by atoms with Gasteiger partial charge in [-0.05, 0) is 12.1 Å². The zero-order valence-corrected chi connectivity index (χ0v) is 12.1. The molecular formula is C12H15N3O4S. The number of methoxy groups -OCH3 is 2. The molecule has 0 fully saturated rings. The Balaban J connectivity index is 2.92. The summed E-state index contributed by atoms with van der Waals surface area (Å²) < 4.78 is 34.6. The van der Waals surface area contributed by atoms with Gasteiger partial charge < -0.3 is 15.2 Å². The number of hydrogen-bond acceptors (Lipinski definition) is 6. The third-order valence-electron chi connectivity index (χ3n) is 2.83. The fraction of sp³-hybridized carbons (Fsp3) is 0.250. The standard InChI is InChI=1S/C12H15N3O4S/c1-18-8-4-5-9(19-2)11(20(3,16)17)10(8)7-6-14-15-12(7)13/h4-6H,1-3H3,(H3,13,14,15). The van der Waals surface area contributed by atoms with Crippen LogP contribution in [0, 0.1) is 0 Å². The van der Waals surface area contributed by atoms with Crippen LogP contribution in [0.4, 0.5) is 5.82 Å². The molecule has 1 aromatic carbocycles. The van der Waals surface area contributed by atoms with Gasteiger partial charge in [0.25, 0.3) is 0 Å². The van der Waals surface area contributed by atoms with Gasteiger partial charge in [-0.15, -0.1) is 0 Å². The zero-order valence-electron chi connectivity index (χ0n) is 11.3. The van der Waals surface area contributed by atoms with Crippen molar-refractivity contribution >= 4 is 15.7 Å². The predicted molar refractivity (Wildman–Crippen MR) is 74.6 cm³/mol. The molecule has 0 bridgehead atoms. The number of nitrogen functional groups attached to an aromatic ring is 1. The first-order chi connectivity index (χ1) is 9.40. The first-order valence-electron chi connectivity index (χ1n) is 5.64. The Morgan fingerprint density at radius 1 is 1.20 bits per heavy atom. The number of nitrogens with zero attached hydrogens (tertiary/aromatic N) is 1. The second-order valence-corrected chi connectivity index (χ2v) is 6.10. The van der Waals surface area contributed by atoms with Crippen LogP contribution in [-0.2, 0) is 9.84 Å². The van der Waals surface area contributed by atoms with Crippen molar-refractivity contribution in [1.82, 2.24) is 10.2 Å². The van der Waals surface area contributed by atoms with Crippen LogP contribution in [0.2, 0.25) is 0 Å². The van der Waals surface area contributed by atoms with Crippen molar-refractivity contribution in [3.05, 3.63) is 18.3 Å². The van der Waals surface area contributed by atoms with Crippen LogP contribution in [0.3, 0.4) is 0 Å². The zero-order chi connectivity index (χ0) is 14.9. The lowest BCUT2D eigenvalue weighted by atomic mass is 10.1. The van der Waals surface area contributed by atoms with Crippen molar-refractivity contribution in [2.75, 3.05) is 26.2 Å². The second-order valence-electron chi connectivity index (χ2n) is 4.14. The van der Waals surface area contributed by atoms with Gasteiger partial charge in [0.05, 0.1) is 26.0 Å². The van der Waals surface area contributed by atoms with E-state index in [9.17, 15) is 8.42 Å². The van der Waals surface area contributed by atoms with Crippen LogP contribution in [0.1, 0.15) is 0 Å². The number of sulfone groups is 1. The number of aromatic amines is 1. The van der Waals surface area contributed by atoms with Gasteiger partial charge in [-0.3, -0.25) is 5.10 Å². The molecule has 0 atom stereocenters. The predicted octanol–water partition coefficient (Wildman–Crippen LogP) is 1.08. The fourth-order valence-corrected chi connectivity index (χ4v) is 3.09. The molecule has 20 heavy (non-hydrogen) atoms. The minimum atomic E-state index is -3.55. The highest BCUT2D eigenvalue weighted by Crippen LogP contribution is 2.42. The van der Waals surface area contributed by atoms with Crippen LogP contribution >= 0.6 is 0 Å². The lowest BCUT2D eigenvalue weighted by Gasteiger charge is -2.15. The monoisotopic (exact) mass is 297 g/mol. The molecule has 0 radical (unpaired) electrons. The largest absolute Gasteiger partial charge is 0.496 e. The Bertz CT molecular complexity index is 737. The third-order valence-corrected chi connectivity index (χ3v) is 3.98. The third kappa shape index (κ3) is 2.29. The summed E-state index contributed by atoms with van der Waals surface area (Å²) in [4.78, 5) is 0.0208. The summed E-state index contributed by atoms with van der Waals surface area (Å²) >= 11 is 0. The Labute approximate surface area is 116 Å². The highest BCUT2D eigenvalue weighted by atomic mass is 32.2. The van der Waals surface area contributed by atoms with Gasteiger partial charge in [-0.2, -0.15) is 5.10 Å². The highest BCUT2D eigenvalue weighted by molar-refractivity contribution is 7.91. The normalized spacial score (nSPS) is 11.3. The van der Waals surface area contributed by atoms with E-state index in [-0.39, 0.29) is 16.5 Å². The lowest BCUT2D eigenvalue weighted by Crippen LogP contribution is -2.05. The minimum absolute atomic E-state index is 0.0208. The molecule has 1 aromatic heterocycles. The maximum atomic E-state index is 12.1. The molecule has 0 aliphatic rings. The maximum Gasteiger partial charge on any atom is 0.179 e. The second kappa shape index (κ2) is 5.04. The van der Waals surface area contributed by atoms with E-state index in [0.717, 1.165) is 6.26 Å². The van der Waals surface area contributed by atoms with Crippen LogP contribution < -0.4 is 15.2 Å². The summed E-state index contributed by atoms with van der Waals surface area (Å²) in [6.45, 7) is 0. The molecule has 0 amide bonds. The highest BCUT2D eigenvalue weighted by Gasteiger charge is 2.26. The first-order valence-corrected chi connectivity index (χ1v) is 7.53. The molecule has 0 spiro atoms. The van der Waals surface area contributed by atoms with Gasteiger partial charge in [-0.1, -0.05) is 0 Å². The summed E-state index contributed by atoms with van der Waals surface area (Å²) in [5.74, 6) is 0.852. The topological polar surface area (TPSA) is 107 Å². The van der Waals surface area contributed by atoms with E-state index in [0.29, 0.717) is 16.9 Å². The number of nitrogens with one attached hydrogen (secondary N) is 1. The van der Waals surface area contributed by atoms with E-state index in [1.54, 1.807) is 6.07 Å². The van der Waals surface area contributed by atoms with Crippen LogP contribution in [0.5, 0.6) is 11.5 Å². The molecule has 2 aromatic rings. The number of anilines is 1. The van der Waals surface area contributed by atoms with Crippen molar-refractivity contribution in [1.29, 1.82) is 0 Å². The molecule has 2 rings (SSSR count). The van der Waals surface area contributed by atoms with Gasteiger partial charge in [0.15, 0.2) is 9.84 Å². The van der Waals surface area contributed by atoms with Gasteiger partial charge in [0.1, 0.15) is 22.2 Å². The molecule has 0 saturated heterocycles. The van der Waals surface area contributed by atoms with Gasteiger partial charge in [0, 0.05) is 11.8 Å². The number of ether oxygens (including phenoxy) is 2. The first kappa shape index (κ1) is 14.2. The number of benzene rings is 1. The van der Waals surface area contributed by atoms with Crippen LogP contribution in [0.15, 0.2) is 23.2 Å². The Morgan fingerprint density at radius 3 is 2.25 bits per heavy atom. The number of hydrogen-bond donors (Lipinski definition) is 2. The molecule has 3 N–H and O–H groups in total. The van der Waals surface area contributed by atoms with Crippen molar-refractivity contribution in [2.24, 2.45) is 0 Å². The van der Waals surface area contributed by atoms with E-state index in [1.165, 1.54) is 26.5 Å². The lowest BCUT2D eigenvalue weighted by molar-refractivity contribution is 0.394. The molecular weight excluding hydrogens is 282 g/mol. The molecule has 0 aliphatic carbocycles. The summed E-state index contributed by atoms with van der Waals surface area (Å²) in [5.41, 5.74) is 6.57. The van der Waals surface area contributed by atoms with E-state index in [1.807, 2.05) is 0 Å².